The third-order valence-electron chi connectivity index (χ3n) is 14.5. The number of halogens is 1. The van der Waals surface area contributed by atoms with Crippen molar-refractivity contribution in [3.63, 3.8) is 0 Å². The van der Waals surface area contributed by atoms with Crippen LogP contribution in [0.15, 0.2) is 60.7 Å². The van der Waals surface area contributed by atoms with Gasteiger partial charge in [0.15, 0.2) is 0 Å². The Kier molecular flexibility index (Phi) is 9.69. The number of carbonyl (C=O) groups is 5. The molecule has 60 heavy (non-hydrogen) atoms. The lowest BCUT2D eigenvalue weighted by Gasteiger charge is -2.71. The van der Waals surface area contributed by atoms with Gasteiger partial charge in [-0.3, -0.25) is 34.2 Å². The van der Waals surface area contributed by atoms with E-state index in [2.05, 4.69) is 37.9 Å². The molecule has 306 valence electrons. The molecule has 5 aliphatic heterocycles. The van der Waals surface area contributed by atoms with Crippen LogP contribution in [-0.4, -0.2) is 101 Å². The van der Waals surface area contributed by atoms with E-state index in [-0.39, 0.29) is 30.4 Å². The summed E-state index contributed by atoms with van der Waals surface area (Å²) in [5, 5.41) is 11.9. The lowest BCUT2D eigenvalue weighted by molar-refractivity contribution is -0.226. The Morgan fingerprint density at radius 1 is 0.850 bits per heavy atom. The van der Waals surface area contributed by atoms with Crippen molar-refractivity contribution in [2.45, 2.75) is 81.5 Å². The number of rotatable bonds is 6. The van der Waals surface area contributed by atoms with Gasteiger partial charge in [-0.1, -0.05) is 29.9 Å². The van der Waals surface area contributed by atoms with Gasteiger partial charge in [0.25, 0.3) is 17.7 Å². The minimum Gasteiger partial charge on any atom is -0.490 e. The molecular formula is C47H45ClN6O6. The van der Waals surface area contributed by atoms with Crippen molar-refractivity contribution in [2.75, 3.05) is 37.6 Å². The number of piperidine rings is 4. The molecule has 5 atom stereocenters. The molecule has 4 saturated heterocycles. The number of imide groups is 2. The highest BCUT2D eigenvalue weighted by Crippen LogP contribution is 2.65. The van der Waals surface area contributed by atoms with Crippen molar-refractivity contribution in [2.24, 2.45) is 17.8 Å². The molecule has 5 amide bonds. The third-order valence-corrected chi connectivity index (χ3v) is 14.8. The van der Waals surface area contributed by atoms with Gasteiger partial charge in [-0.05, 0) is 113 Å². The number of nitriles is 1. The van der Waals surface area contributed by atoms with Crippen LogP contribution in [0.1, 0.15) is 100.0 Å². The van der Waals surface area contributed by atoms with Crippen LogP contribution in [0.2, 0.25) is 5.02 Å². The fraction of sp³-hybridized carbons (Fsp3) is 0.447. The summed E-state index contributed by atoms with van der Waals surface area (Å²) in [5.74, 6) is 6.59. The Balaban J connectivity index is 0.692. The molecule has 1 N–H and O–H groups in total. The Labute approximate surface area is 353 Å². The molecule has 7 aliphatic rings. The Bertz CT molecular complexity index is 2420. The third kappa shape index (κ3) is 6.35. The average molecular weight is 825 g/mol. The first kappa shape index (κ1) is 38.5. The molecule has 10 rings (SSSR count). The number of likely N-dealkylation sites (tertiary alicyclic amines) is 2. The first-order valence-electron chi connectivity index (χ1n) is 21.3. The van der Waals surface area contributed by atoms with Gasteiger partial charge in [-0.15, -0.1) is 0 Å². The largest absolute Gasteiger partial charge is 0.490 e. The van der Waals surface area contributed by atoms with Crippen molar-refractivity contribution in [3.8, 4) is 23.7 Å². The fourth-order valence-corrected chi connectivity index (χ4v) is 11.5. The van der Waals surface area contributed by atoms with Crippen molar-refractivity contribution in [3.05, 3.63) is 93.5 Å². The summed E-state index contributed by atoms with van der Waals surface area (Å²) in [5.41, 5.74) is 3.42. The van der Waals surface area contributed by atoms with Crippen LogP contribution in [-0.2, 0) is 9.59 Å². The lowest BCUT2D eigenvalue weighted by atomic mass is 9.51. The number of hydrogen-bond acceptors (Lipinski definition) is 9. The standard InChI is InChI=1S/C47H45ClN6O6/c48-39-25-34(11-9-31(39)26-49)60-42-37-2-1-19-47(37)38(42)27-53(47)44(57)30-7-5-28(6-8-30)3-4-29-15-20-51(21-16-29)32-17-22-52(23-18-32)33-10-12-35-36(24-33)46(59)54(45(35)58)40-13-14-41(55)50-43(40)56/h5-12,24-25,29,32,37-38,40,42H,1-2,13-23,27H2,(H,50,55,56). The Morgan fingerprint density at radius 2 is 1.62 bits per heavy atom. The van der Waals surface area contributed by atoms with Crippen LogP contribution in [0.3, 0.4) is 0 Å². The van der Waals surface area contributed by atoms with Gasteiger partial charge in [0.1, 0.15) is 24.0 Å². The van der Waals surface area contributed by atoms with Gasteiger partial charge in [-0.2, -0.15) is 5.26 Å². The Hall–Kier alpha value is -5.69. The van der Waals surface area contributed by atoms with E-state index in [1.54, 1.807) is 30.3 Å². The second kappa shape index (κ2) is 15.1. The predicted octanol–water partition coefficient (Wildman–Crippen LogP) is 5.42. The van der Waals surface area contributed by atoms with E-state index < -0.39 is 29.7 Å². The lowest BCUT2D eigenvalue weighted by Crippen LogP contribution is -2.83. The predicted molar refractivity (Wildman–Crippen MR) is 221 cm³/mol. The van der Waals surface area contributed by atoms with Gasteiger partial charge in [0.2, 0.25) is 11.8 Å². The number of amides is 5. The molecular weight excluding hydrogens is 780 g/mol. The van der Waals surface area contributed by atoms with Crippen molar-refractivity contribution in [1.29, 1.82) is 5.26 Å². The number of nitrogens with zero attached hydrogens (tertiary/aromatic N) is 5. The molecule has 5 heterocycles. The molecule has 3 aromatic carbocycles. The van der Waals surface area contributed by atoms with E-state index in [1.807, 2.05) is 30.3 Å². The zero-order valence-corrected chi connectivity index (χ0v) is 34.0. The van der Waals surface area contributed by atoms with E-state index in [0.29, 0.717) is 63.4 Å². The fourth-order valence-electron chi connectivity index (χ4n) is 11.3. The van der Waals surface area contributed by atoms with E-state index in [4.69, 9.17) is 16.3 Å². The number of benzene rings is 3. The number of fused-ring (bicyclic) bond motifs is 1. The van der Waals surface area contributed by atoms with Crippen molar-refractivity contribution in [1.82, 2.24) is 20.0 Å². The van der Waals surface area contributed by atoms with Crippen LogP contribution < -0.4 is 15.0 Å². The van der Waals surface area contributed by atoms with Crippen LogP contribution in [0.5, 0.6) is 5.75 Å². The molecule has 0 radical (unpaired) electrons. The molecule has 1 spiro atoms. The van der Waals surface area contributed by atoms with E-state index in [1.165, 1.54) is 0 Å². The molecule has 13 heteroatoms. The summed E-state index contributed by atoms with van der Waals surface area (Å²) in [7, 11) is 0. The second-order valence-electron chi connectivity index (χ2n) is 17.4. The summed E-state index contributed by atoms with van der Waals surface area (Å²) in [6.07, 6.45) is 7.40. The quantitative estimate of drug-likeness (QED) is 0.255. The normalized spacial score (nSPS) is 27.8. The SMILES string of the molecule is N#Cc1ccc(OC2C3CCCC34C2CN4C(=O)c2ccc(C#CC3CCN(C4CCN(c5ccc6c(c5)C(=O)N(C5CCC(=O)NC5=O)C6=O)CC4)CC3)cc2)cc1Cl. The van der Waals surface area contributed by atoms with Gasteiger partial charge in [0.05, 0.1) is 27.3 Å². The van der Waals surface area contributed by atoms with Gasteiger partial charge in [-0.25, -0.2) is 0 Å². The highest BCUT2D eigenvalue weighted by atomic mass is 35.5. The minimum atomic E-state index is -0.972. The Morgan fingerprint density at radius 3 is 2.35 bits per heavy atom. The molecule has 2 saturated carbocycles. The van der Waals surface area contributed by atoms with Gasteiger partial charge in [0, 0.05) is 72.7 Å². The highest BCUT2D eigenvalue weighted by Gasteiger charge is 2.75. The zero-order chi connectivity index (χ0) is 41.3. The summed E-state index contributed by atoms with van der Waals surface area (Å²) in [6, 6.07) is 19.9. The second-order valence-corrected chi connectivity index (χ2v) is 17.8. The number of anilines is 1. The summed E-state index contributed by atoms with van der Waals surface area (Å²) >= 11 is 6.26. The topological polar surface area (TPSA) is 143 Å². The average Bonchev–Trinajstić information content (AvgIpc) is 3.81. The molecule has 5 unspecified atom stereocenters. The van der Waals surface area contributed by atoms with Crippen LogP contribution in [0.25, 0.3) is 0 Å². The summed E-state index contributed by atoms with van der Waals surface area (Å²) in [6.45, 7) is 4.35. The van der Waals surface area contributed by atoms with Gasteiger partial charge < -0.3 is 19.4 Å². The van der Waals surface area contributed by atoms with Crippen LogP contribution in [0.4, 0.5) is 5.69 Å². The monoisotopic (exact) mass is 824 g/mol. The highest BCUT2D eigenvalue weighted by molar-refractivity contribution is 6.31. The first-order chi connectivity index (χ1) is 29.1. The van der Waals surface area contributed by atoms with Crippen LogP contribution in [0, 0.1) is 40.9 Å². The molecule has 6 fully saturated rings. The van der Waals surface area contributed by atoms with Gasteiger partial charge >= 0.3 is 0 Å². The number of ether oxygens (including phenoxy) is 1. The molecule has 0 bridgehead atoms. The number of nitrogens with one attached hydrogen (secondary N) is 1. The maximum absolute atomic E-state index is 13.8. The smallest absolute Gasteiger partial charge is 0.262 e. The number of carbonyl (C=O) groups excluding carboxylic acids is 5. The van der Waals surface area contributed by atoms with E-state index in [9.17, 15) is 29.2 Å². The van der Waals surface area contributed by atoms with E-state index >= 15 is 0 Å². The summed E-state index contributed by atoms with van der Waals surface area (Å²) < 4.78 is 6.41. The molecule has 2 aliphatic carbocycles. The maximum atomic E-state index is 13.8. The molecule has 12 nitrogen and oxygen atoms in total. The number of hydrogen-bond donors (Lipinski definition) is 1. The molecule has 0 aromatic heterocycles. The minimum absolute atomic E-state index is 0.0484. The first-order valence-corrected chi connectivity index (χ1v) is 21.7. The van der Waals surface area contributed by atoms with E-state index in [0.717, 1.165) is 87.3 Å². The summed E-state index contributed by atoms with van der Waals surface area (Å²) in [4.78, 5) is 72.3. The molecule has 3 aromatic rings. The van der Waals surface area contributed by atoms with Crippen molar-refractivity contribution < 1.29 is 28.7 Å². The maximum Gasteiger partial charge on any atom is 0.262 e. The van der Waals surface area contributed by atoms with Crippen LogP contribution >= 0.6 is 11.6 Å². The zero-order valence-electron chi connectivity index (χ0n) is 33.2. The van der Waals surface area contributed by atoms with Crippen molar-refractivity contribution >= 4 is 46.8 Å².